The van der Waals surface area contributed by atoms with Gasteiger partial charge in [-0.05, 0) is 61.8 Å². The Morgan fingerprint density at radius 1 is 0.975 bits per heavy atom. The number of aromatic nitrogens is 1. The molecule has 3 amide bonds. The molecule has 0 radical (unpaired) electrons. The van der Waals surface area contributed by atoms with Crippen molar-refractivity contribution >= 4 is 46.4 Å². The number of amides is 3. The van der Waals surface area contributed by atoms with Gasteiger partial charge < -0.3 is 37.5 Å². The van der Waals surface area contributed by atoms with Crippen LogP contribution in [0, 0.1) is 5.92 Å². The number of H-pyrrole nitrogens is 1. The van der Waals surface area contributed by atoms with Crippen molar-refractivity contribution in [3.05, 3.63) is 36.0 Å². The first-order chi connectivity index (χ1) is 19.1. The van der Waals surface area contributed by atoms with E-state index in [1.54, 1.807) is 6.20 Å². The molecule has 1 aromatic carbocycles. The van der Waals surface area contributed by atoms with E-state index in [0.717, 1.165) is 16.5 Å². The number of hydrogen-bond donors (Lipinski definition) is 7. The number of rotatable bonds is 18. The number of fused-ring (bicyclic) bond motifs is 1. The number of carbonyl (C=O) groups is 4. The van der Waals surface area contributed by atoms with Crippen LogP contribution in [0.5, 0.6) is 0 Å². The highest BCUT2D eigenvalue weighted by atomic mass is 32.2. The topological polar surface area (TPSA) is 192 Å². The average Bonchev–Trinajstić information content (AvgIpc) is 3.35. The standard InChI is InChI=1S/C28H44N6O5S/c1-4-17(2)24(30)27(37)34-23(15-18-16-31-20-10-6-5-9-19(18)20)26(36)32-21(12-14-40-3)25(35)33-22(28(38)39)11-7-8-13-29/h5-6,9-10,16-17,21-24,31H,4,7-8,11-15,29-30H2,1-3H3,(H,32,36)(H,33,35)(H,34,37)(H,38,39). The number of carboxylic acids is 1. The number of thioether (sulfide) groups is 1. The smallest absolute Gasteiger partial charge is 0.326 e. The summed E-state index contributed by atoms with van der Waals surface area (Å²) in [4.78, 5) is 54.7. The molecule has 0 saturated heterocycles. The van der Waals surface area contributed by atoms with Gasteiger partial charge >= 0.3 is 5.97 Å². The van der Waals surface area contributed by atoms with Gasteiger partial charge in [0.05, 0.1) is 6.04 Å². The lowest BCUT2D eigenvalue weighted by Gasteiger charge is -2.26. The van der Waals surface area contributed by atoms with Crippen LogP contribution in [0.15, 0.2) is 30.5 Å². The van der Waals surface area contributed by atoms with Gasteiger partial charge in [0.15, 0.2) is 0 Å². The molecule has 0 aliphatic heterocycles. The predicted octanol–water partition coefficient (Wildman–Crippen LogP) is 1.50. The number of benzene rings is 1. The summed E-state index contributed by atoms with van der Waals surface area (Å²) in [5.41, 5.74) is 13.4. The zero-order chi connectivity index (χ0) is 29.7. The maximum Gasteiger partial charge on any atom is 0.326 e. The Labute approximate surface area is 240 Å². The van der Waals surface area contributed by atoms with Crippen LogP contribution in [0.25, 0.3) is 10.9 Å². The SMILES string of the molecule is CCC(C)C(N)C(=O)NC(Cc1c[nH]c2ccccc12)C(=O)NC(CCSC)C(=O)NC(CCCCN)C(=O)O. The van der Waals surface area contributed by atoms with Crippen LogP contribution in [0.2, 0.25) is 0 Å². The molecule has 1 heterocycles. The molecule has 2 aromatic rings. The molecule has 40 heavy (non-hydrogen) atoms. The molecular formula is C28H44N6O5S. The predicted molar refractivity (Wildman–Crippen MR) is 159 cm³/mol. The number of carbonyl (C=O) groups excluding carboxylic acids is 3. The lowest BCUT2D eigenvalue weighted by Crippen LogP contribution is -2.58. The number of hydrogen-bond acceptors (Lipinski definition) is 7. The summed E-state index contributed by atoms with van der Waals surface area (Å²) < 4.78 is 0. The largest absolute Gasteiger partial charge is 0.480 e. The molecule has 11 nitrogen and oxygen atoms in total. The first-order valence-corrected chi connectivity index (χ1v) is 15.2. The number of carboxylic acid groups (broad SMARTS) is 1. The van der Waals surface area contributed by atoms with Gasteiger partial charge in [-0.25, -0.2) is 4.79 Å². The third-order valence-corrected chi connectivity index (χ3v) is 7.74. The van der Waals surface area contributed by atoms with Gasteiger partial charge in [0.25, 0.3) is 0 Å². The number of aromatic amines is 1. The maximum absolute atomic E-state index is 13.6. The summed E-state index contributed by atoms with van der Waals surface area (Å²) in [6.07, 6.45) is 6.24. The van der Waals surface area contributed by atoms with Gasteiger partial charge in [-0.1, -0.05) is 38.5 Å². The molecular weight excluding hydrogens is 532 g/mol. The third kappa shape index (κ3) is 9.83. The van der Waals surface area contributed by atoms with Gasteiger partial charge in [0.1, 0.15) is 18.1 Å². The Morgan fingerprint density at radius 2 is 1.62 bits per heavy atom. The number of unbranched alkanes of at least 4 members (excludes halogenated alkanes) is 1. The van der Waals surface area contributed by atoms with Crippen LogP contribution >= 0.6 is 11.8 Å². The fourth-order valence-electron chi connectivity index (χ4n) is 4.31. The van der Waals surface area contributed by atoms with E-state index in [1.807, 2.05) is 44.4 Å². The highest BCUT2D eigenvalue weighted by Crippen LogP contribution is 2.19. The van der Waals surface area contributed by atoms with E-state index in [-0.39, 0.29) is 25.2 Å². The summed E-state index contributed by atoms with van der Waals surface area (Å²) in [6, 6.07) is 3.74. The second-order valence-corrected chi connectivity index (χ2v) is 11.0. The van der Waals surface area contributed by atoms with Gasteiger partial charge in [0, 0.05) is 23.5 Å². The van der Waals surface area contributed by atoms with E-state index in [2.05, 4.69) is 20.9 Å². The first-order valence-electron chi connectivity index (χ1n) is 13.8. The van der Waals surface area contributed by atoms with E-state index in [4.69, 9.17) is 11.5 Å². The molecule has 5 atom stereocenters. The summed E-state index contributed by atoms with van der Waals surface area (Å²) in [5.74, 6) is -2.28. The highest BCUT2D eigenvalue weighted by molar-refractivity contribution is 7.98. The molecule has 0 fully saturated rings. The van der Waals surface area contributed by atoms with Crippen LogP contribution in [0.4, 0.5) is 0 Å². The van der Waals surface area contributed by atoms with Crippen molar-refractivity contribution in [3.63, 3.8) is 0 Å². The Kier molecular flexibility index (Phi) is 14.0. The highest BCUT2D eigenvalue weighted by Gasteiger charge is 2.31. The zero-order valence-corrected chi connectivity index (χ0v) is 24.4. The van der Waals surface area contributed by atoms with Gasteiger partial charge in [0.2, 0.25) is 17.7 Å². The molecule has 2 rings (SSSR count). The minimum atomic E-state index is -1.15. The zero-order valence-electron chi connectivity index (χ0n) is 23.6. The molecule has 1 aromatic heterocycles. The molecule has 0 spiro atoms. The van der Waals surface area contributed by atoms with Crippen LogP contribution in [-0.2, 0) is 25.6 Å². The molecule has 9 N–H and O–H groups in total. The molecule has 12 heteroatoms. The lowest BCUT2D eigenvalue weighted by atomic mass is 9.98. The van der Waals surface area contributed by atoms with Crippen molar-refractivity contribution in [1.29, 1.82) is 0 Å². The quantitative estimate of drug-likeness (QED) is 0.130. The van der Waals surface area contributed by atoms with Crippen LogP contribution in [0.3, 0.4) is 0 Å². The first kappa shape index (κ1) is 33.1. The Balaban J connectivity index is 2.27. The van der Waals surface area contributed by atoms with E-state index in [1.165, 1.54) is 11.8 Å². The monoisotopic (exact) mass is 576 g/mol. The van der Waals surface area contributed by atoms with Crippen LogP contribution in [-0.4, -0.2) is 76.5 Å². The number of nitrogens with two attached hydrogens (primary N) is 2. The normalized spacial score (nSPS) is 15.0. The van der Waals surface area contributed by atoms with Crippen molar-refractivity contribution in [2.24, 2.45) is 17.4 Å². The number of aliphatic carboxylic acids is 1. The van der Waals surface area contributed by atoms with Crippen molar-refractivity contribution < 1.29 is 24.3 Å². The van der Waals surface area contributed by atoms with Gasteiger partial charge in [-0.3, -0.25) is 14.4 Å². The molecule has 0 aliphatic rings. The van der Waals surface area contributed by atoms with Crippen molar-refractivity contribution in [2.75, 3.05) is 18.6 Å². The Morgan fingerprint density at radius 3 is 2.27 bits per heavy atom. The minimum absolute atomic E-state index is 0.0934. The van der Waals surface area contributed by atoms with E-state index in [9.17, 15) is 24.3 Å². The average molecular weight is 577 g/mol. The van der Waals surface area contributed by atoms with Gasteiger partial charge in [-0.15, -0.1) is 0 Å². The third-order valence-electron chi connectivity index (χ3n) is 7.10. The van der Waals surface area contributed by atoms with Crippen molar-refractivity contribution in [1.82, 2.24) is 20.9 Å². The Hall–Kier alpha value is -3.09. The second kappa shape index (κ2) is 16.9. The summed E-state index contributed by atoms with van der Waals surface area (Å²) in [5, 5.41) is 18.6. The van der Waals surface area contributed by atoms with E-state index >= 15 is 0 Å². The second-order valence-electron chi connectivity index (χ2n) is 10.1. The Bertz CT molecular complexity index is 1130. The summed E-state index contributed by atoms with van der Waals surface area (Å²) >= 11 is 1.50. The fourth-order valence-corrected chi connectivity index (χ4v) is 4.78. The fraction of sp³-hybridized carbons (Fsp3) is 0.571. The molecule has 222 valence electrons. The number of para-hydroxylation sites is 1. The van der Waals surface area contributed by atoms with Crippen molar-refractivity contribution in [3.8, 4) is 0 Å². The minimum Gasteiger partial charge on any atom is -0.480 e. The summed E-state index contributed by atoms with van der Waals surface area (Å²) in [6.45, 7) is 4.23. The van der Waals surface area contributed by atoms with E-state index < -0.39 is 47.9 Å². The van der Waals surface area contributed by atoms with Crippen LogP contribution in [0.1, 0.15) is 51.5 Å². The molecule has 5 unspecified atom stereocenters. The number of nitrogens with one attached hydrogen (secondary N) is 4. The molecule has 0 saturated carbocycles. The van der Waals surface area contributed by atoms with E-state index in [0.29, 0.717) is 31.6 Å². The lowest BCUT2D eigenvalue weighted by molar-refractivity contribution is -0.142. The summed E-state index contributed by atoms with van der Waals surface area (Å²) in [7, 11) is 0. The van der Waals surface area contributed by atoms with Gasteiger partial charge in [-0.2, -0.15) is 11.8 Å². The molecule has 0 aliphatic carbocycles. The molecule has 0 bridgehead atoms. The van der Waals surface area contributed by atoms with Crippen molar-refractivity contribution in [2.45, 2.75) is 76.5 Å². The maximum atomic E-state index is 13.6. The van der Waals surface area contributed by atoms with Crippen LogP contribution < -0.4 is 27.4 Å².